The van der Waals surface area contributed by atoms with E-state index in [1.165, 1.54) is 0 Å². The van der Waals surface area contributed by atoms with Gasteiger partial charge >= 0.3 is 0 Å². The Balaban J connectivity index is 2.09. The monoisotopic (exact) mass is 323 g/mol. The van der Waals surface area contributed by atoms with E-state index >= 15 is 0 Å². The summed E-state index contributed by atoms with van der Waals surface area (Å²) in [6.07, 6.45) is 0. The van der Waals surface area contributed by atoms with Crippen LogP contribution < -0.4 is 4.74 Å². The lowest BCUT2D eigenvalue weighted by Crippen LogP contribution is -2.00. The molecule has 0 aromatic carbocycles. The molecule has 6 heteroatoms. The molecule has 0 saturated carbocycles. The highest BCUT2D eigenvalue weighted by molar-refractivity contribution is 9.10. The third-order valence-electron chi connectivity index (χ3n) is 2.11. The molecule has 18 heavy (non-hydrogen) atoms. The summed E-state index contributed by atoms with van der Waals surface area (Å²) in [6.45, 7) is 0.298. The molecule has 2 rings (SSSR count). The molecule has 0 fully saturated rings. The molecule has 0 aliphatic carbocycles. The summed E-state index contributed by atoms with van der Waals surface area (Å²) in [5.74, 6) is 0.443. The fraction of sp³-hybridized carbons (Fsp3) is 0.0833. The quantitative estimate of drug-likeness (QED) is 0.812. The van der Waals surface area contributed by atoms with Crippen LogP contribution in [0.3, 0.4) is 0 Å². The van der Waals surface area contributed by atoms with Crippen LogP contribution in [0.4, 0.5) is 0 Å². The first kappa shape index (κ1) is 12.8. The molecule has 0 unspecified atom stereocenters. The van der Waals surface area contributed by atoms with Gasteiger partial charge in [-0.05, 0) is 28.1 Å². The van der Waals surface area contributed by atoms with Crippen LogP contribution in [0.2, 0.25) is 5.15 Å². The molecule has 2 aromatic heterocycles. The summed E-state index contributed by atoms with van der Waals surface area (Å²) in [6, 6.07) is 10.5. The van der Waals surface area contributed by atoms with Crippen molar-refractivity contribution in [3.8, 4) is 11.9 Å². The van der Waals surface area contributed by atoms with E-state index in [2.05, 4.69) is 25.9 Å². The lowest BCUT2D eigenvalue weighted by atomic mass is 10.3. The summed E-state index contributed by atoms with van der Waals surface area (Å²) in [5, 5.41) is 9.08. The Morgan fingerprint density at radius 1 is 1.28 bits per heavy atom. The van der Waals surface area contributed by atoms with Gasteiger partial charge in [-0.25, -0.2) is 9.97 Å². The number of nitrogens with zero attached hydrogens (tertiary/aromatic N) is 3. The van der Waals surface area contributed by atoms with Crippen LogP contribution >= 0.6 is 27.5 Å². The second-order valence-electron chi connectivity index (χ2n) is 3.35. The Bertz CT molecular complexity index is 613. The topological polar surface area (TPSA) is 58.8 Å². The SMILES string of the molecule is N#Cc1ccc(COc2cccc(Cl)n2)c(Br)n1. The van der Waals surface area contributed by atoms with E-state index < -0.39 is 0 Å². The normalized spacial score (nSPS) is 9.83. The van der Waals surface area contributed by atoms with E-state index in [1.807, 2.05) is 6.07 Å². The van der Waals surface area contributed by atoms with Crippen LogP contribution in [-0.2, 0) is 6.61 Å². The van der Waals surface area contributed by atoms with Gasteiger partial charge in [-0.15, -0.1) is 0 Å². The van der Waals surface area contributed by atoms with Crippen molar-refractivity contribution in [3.63, 3.8) is 0 Å². The molecule has 0 amide bonds. The molecule has 4 nitrogen and oxygen atoms in total. The lowest BCUT2D eigenvalue weighted by molar-refractivity contribution is 0.292. The molecule has 0 spiro atoms. The minimum absolute atomic E-state index is 0.298. The Morgan fingerprint density at radius 3 is 2.78 bits per heavy atom. The van der Waals surface area contributed by atoms with E-state index in [0.717, 1.165) is 5.56 Å². The minimum Gasteiger partial charge on any atom is -0.473 e. The Hall–Kier alpha value is -1.64. The number of rotatable bonds is 3. The molecular formula is C12H7BrClN3O. The zero-order chi connectivity index (χ0) is 13.0. The van der Waals surface area contributed by atoms with Gasteiger partial charge in [0.1, 0.15) is 28.1 Å². The fourth-order valence-electron chi connectivity index (χ4n) is 1.25. The number of nitriles is 1. The molecular weight excluding hydrogens is 318 g/mol. The van der Waals surface area contributed by atoms with Gasteiger partial charge in [0.2, 0.25) is 5.88 Å². The van der Waals surface area contributed by atoms with Gasteiger partial charge in [-0.1, -0.05) is 23.7 Å². The largest absolute Gasteiger partial charge is 0.473 e. The van der Waals surface area contributed by atoms with Gasteiger partial charge in [0.05, 0.1) is 0 Å². The lowest BCUT2D eigenvalue weighted by Gasteiger charge is -2.06. The number of aromatic nitrogens is 2. The standard InChI is InChI=1S/C12H7BrClN3O/c13-12-8(4-5-9(6-15)16-12)7-18-11-3-1-2-10(14)17-11/h1-5H,7H2. The second-order valence-corrected chi connectivity index (χ2v) is 4.48. The van der Waals surface area contributed by atoms with Crippen LogP contribution in [0.15, 0.2) is 34.9 Å². The predicted octanol–water partition coefficient (Wildman–Crippen LogP) is 3.34. The summed E-state index contributed by atoms with van der Waals surface area (Å²) in [7, 11) is 0. The number of pyridine rings is 2. The molecule has 2 aromatic rings. The number of ether oxygens (including phenoxy) is 1. The first-order valence-electron chi connectivity index (χ1n) is 5.00. The van der Waals surface area contributed by atoms with Gasteiger partial charge in [0.25, 0.3) is 0 Å². The minimum atomic E-state index is 0.298. The van der Waals surface area contributed by atoms with Gasteiger partial charge in [0.15, 0.2) is 0 Å². The average molecular weight is 325 g/mol. The molecule has 0 aliphatic rings. The summed E-state index contributed by atoms with van der Waals surface area (Å²) < 4.78 is 6.07. The first-order valence-corrected chi connectivity index (χ1v) is 6.17. The maximum atomic E-state index is 8.70. The van der Waals surface area contributed by atoms with Crippen molar-refractivity contribution < 1.29 is 4.74 Å². The molecule has 0 bridgehead atoms. The van der Waals surface area contributed by atoms with Crippen LogP contribution in [-0.4, -0.2) is 9.97 Å². The Labute approximate surface area is 117 Å². The van der Waals surface area contributed by atoms with Crippen LogP contribution in [0, 0.1) is 11.3 Å². The zero-order valence-corrected chi connectivity index (χ0v) is 11.4. The van der Waals surface area contributed by atoms with Crippen LogP contribution in [0.5, 0.6) is 5.88 Å². The van der Waals surface area contributed by atoms with E-state index in [-0.39, 0.29) is 0 Å². The smallest absolute Gasteiger partial charge is 0.214 e. The van der Waals surface area contributed by atoms with E-state index in [9.17, 15) is 0 Å². The van der Waals surface area contributed by atoms with Gasteiger partial charge in [-0.2, -0.15) is 5.26 Å². The molecule has 0 N–H and O–H groups in total. The summed E-state index contributed by atoms with van der Waals surface area (Å²) in [4.78, 5) is 8.06. The highest BCUT2D eigenvalue weighted by Crippen LogP contribution is 2.18. The van der Waals surface area contributed by atoms with Crippen molar-refractivity contribution in [2.75, 3.05) is 0 Å². The number of hydrogen-bond donors (Lipinski definition) is 0. The van der Waals surface area contributed by atoms with Gasteiger partial charge < -0.3 is 4.74 Å². The van der Waals surface area contributed by atoms with Gasteiger partial charge in [-0.3, -0.25) is 0 Å². The zero-order valence-electron chi connectivity index (χ0n) is 9.10. The van der Waals surface area contributed by atoms with E-state index in [4.69, 9.17) is 21.6 Å². The summed E-state index contributed by atoms with van der Waals surface area (Å²) in [5.41, 5.74) is 1.18. The molecule has 0 atom stereocenters. The maximum absolute atomic E-state index is 8.70. The summed E-state index contributed by atoms with van der Waals surface area (Å²) >= 11 is 9.04. The molecule has 0 aliphatic heterocycles. The highest BCUT2D eigenvalue weighted by atomic mass is 79.9. The second kappa shape index (κ2) is 5.80. The molecule has 0 radical (unpaired) electrons. The van der Waals surface area contributed by atoms with Crippen molar-refractivity contribution >= 4 is 27.5 Å². The van der Waals surface area contributed by atoms with E-state index in [1.54, 1.807) is 30.3 Å². The Morgan fingerprint density at radius 2 is 2.11 bits per heavy atom. The number of halogens is 2. The van der Waals surface area contributed by atoms with E-state index in [0.29, 0.717) is 27.9 Å². The fourth-order valence-corrected chi connectivity index (χ4v) is 1.85. The molecule has 0 saturated heterocycles. The molecule has 90 valence electrons. The van der Waals surface area contributed by atoms with Crippen LogP contribution in [0.25, 0.3) is 0 Å². The number of hydrogen-bond acceptors (Lipinski definition) is 4. The maximum Gasteiger partial charge on any atom is 0.214 e. The Kier molecular flexibility index (Phi) is 4.13. The van der Waals surface area contributed by atoms with Gasteiger partial charge in [0, 0.05) is 11.6 Å². The third-order valence-corrected chi connectivity index (χ3v) is 3.00. The van der Waals surface area contributed by atoms with Crippen LogP contribution in [0.1, 0.15) is 11.3 Å². The third kappa shape index (κ3) is 3.19. The molecule has 2 heterocycles. The van der Waals surface area contributed by atoms with Crippen molar-refractivity contribution in [1.29, 1.82) is 5.26 Å². The average Bonchev–Trinajstić information content (AvgIpc) is 2.37. The van der Waals surface area contributed by atoms with Crippen molar-refractivity contribution in [1.82, 2.24) is 9.97 Å². The van der Waals surface area contributed by atoms with Crippen molar-refractivity contribution in [2.45, 2.75) is 6.61 Å². The van der Waals surface area contributed by atoms with Crippen molar-refractivity contribution in [3.05, 3.63) is 51.3 Å². The predicted molar refractivity (Wildman–Crippen MR) is 70.2 cm³/mol. The first-order chi connectivity index (χ1) is 8.69. The van der Waals surface area contributed by atoms with Crippen molar-refractivity contribution in [2.24, 2.45) is 0 Å². The highest BCUT2D eigenvalue weighted by Gasteiger charge is 2.05.